The molecule has 0 rings (SSSR count). The molecular formula is C12H25NO2. The Labute approximate surface area is 93.5 Å². The van der Waals surface area contributed by atoms with Crippen LogP contribution in [-0.4, -0.2) is 34.6 Å². The summed E-state index contributed by atoms with van der Waals surface area (Å²) in [4.78, 5) is 13.5. The van der Waals surface area contributed by atoms with E-state index in [2.05, 4.69) is 13.8 Å². The molecule has 0 aliphatic rings. The zero-order valence-electron chi connectivity index (χ0n) is 10.7. The van der Waals surface area contributed by atoms with E-state index in [1.165, 1.54) is 0 Å². The molecule has 0 fully saturated rings. The molecule has 15 heavy (non-hydrogen) atoms. The lowest BCUT2D eigenvalue weighted by Crippen LogP contribution is -2.42. The number of carbonyl (C=O) groups is 1. The van der Waals surface area contributed by atoms with Crippen molar-refractivity contribution in [2.75, 3.05) is 13.1 Å². The number of carbonyl (C=O) groups excluding carboxylic acids is 1. The van der Waals surface area contributed by atoms with Gasteiger partial charge in [-0.25, -0.2) is 0 Å². The summed E-state index contributed by atoms with van der Waals surface area (Å²) in [5.41, 5.74) is -0.802. The van der Waals surface area contributed by atoms with Crippen LogP contribution in [0.2, 0.25) is 0 Å². The normalized spacial score (nSPS) is 11.9. The average molecular weight is 215 g/mol. The third-order valence-electron chi connectivity index (χ3n) is 2.25. The molecule has 0 aromatic rings. The Bertz CT molecular complexity index is 194. The second kappa shape index (κ2) is 6.11. The largest absolute Gasteiger partial charge is 0.389 e. The first kappa shape index (κ1) is 14.4. The number of aliphatic hydroxyl groups is 1. The number of rotatable bonds is 6. The summed E-state index contributed by atoms with van der Waals surface area (Å²) in [5, 5.41) is 9.65. The van der Waals surface area contributed by atoms with Crippen LogP contribution in [-0.2, 0) is 4.79 Å². The summed E-state index contributed by atoms with van der Waals surface area (Å²) in [6, 6.07) is 0. The maximum absolute atomic E-state index is 11.8. The van der Waals surface area contributed by atoms with Crippen LogP contribution < -0.4 is 0 Å². The molecular weight excluding hydrogens is 190 g/mol. The van der Waals surface area contributed by atoms with Crippen LogP contribution in [0.4, 0.5) is 0 Å². The van der Waals surface area contributed by atoms with E-state index in [4.69, 9.17) is 0 Å². The number of nitrogens with zero attached hydrogens (tertiary/aromatic N) is 1. The minimum absolute atomic E-state index is 0.147. The highest BCUT2D eigenvalue weighted by Crippen LogP contribution is 2.10. The molecule has 0 radical (unpaired) electrons. The van der Waals surface area contributed by atoms with E-state index in [1.54, 1.807) is 18.7 Å². The average Bonchev–Trinajstić information content (AvgIpc) is 2.08. The quantitative estimate of drug-likeness (QED) is 0.736. The van der Waals surface area contributed by atoms with Gasteiger partial charge in [-0.1, -0.05) is 13.8 Å². The van der Waals surface area contributed by atoms with Crippen LogP contribution in [0.1, 0.15) is 47.5 Å². The Morgan fingerprint density at radius 3 is 2.27 bits per heavy atom. The second-order valence-corrected chi connectivity index (χ2v) is 5.15. The van der Waals surface area contributed by atoms with E-state index in [0.29, 0.717) is 25.4 Å². The van der Waals surface area contributed by atoms with Crippen LogP contribution in [0.5, 0.6) is 0 Å². The number of amides is 1. The Kier molecular flexibility index (Phi) is 5.88. The SMILES string of the molecule is CCN(CC(C)(C)O)C(=O)CCC(C)C. The lowest BCUT2D eigenvalue weighted by molar-refractivity contribution is -0.134. The summed E-state index contributed by atoms with van der Waals surface area (Å²) < 4.78 is 0. The Balaban J connectivity index is 4.11. The zero-order valence-corrected chi connectivity index (χ0v) is 10.7. The lowest BCUT2D eigenvalue weighted by atomic mass is 10.1. The second-order valence-electron chi connectivity index (χ2n) is 5.15. The highest BCUT2D eigenvalue weighted by Gasteiger charge is 2.20. The van der Waals surface area contributed by atoms with Gasteiger partial charge < -0.3 is 10.0 Å². The van der Waals surface area contributed by atoms with Crippen molar-refractivity contribution in [3.05, 3.63) is 0 Å². The van der Waals surface area contributed by atoms with E-state index < -0.39 is 5.60 Å². The van der Waals surface area contributed by atoms with Gasteiger partial charge in [0.25, 0.3) is 0 Å². The van der Waals surface area contributed by atoms with Crippen LogP contribution in [0.15, 0.2) is 0 Å². The number of hydrogen-bond donors (Lipinski definition) is 1. The van der Waals surface area contributed by atoms with Crippen molar-refractivity contribution in [2.45, 2.75) is 53.1 Å². The minimum atomic E-state index is -0.802. The van der Waals surface area contributed by atoms with Crippen molar-refractivity contribution in [2.24, 2.45) is 5.92 Å². The first-order valence-corrected chi connectivity index (χ1v) is 5.76. The molecule has 0 aliphatic carbocycles. The standard InChI is InChI=1S/C12H25NO2/c1-6-13(9-12(4,5)15)11(14)8-7-10(2)3/h10,15H,6-9H2,1-5H3. The van der Waals surface area contributed by atoms with Crippen LogP contribution >= 0.6 is 0 Å². The molecule has 90 valence electrons. The number of hydrogen-bond acceptors (Lipinski definition) is 2. The molecule has 0 saturated carbocycles. The van der Waals surface area contributed by atoms with E-state index in [0.717, 1.165) is 6.42 Å². The van der Waals surface area contributed by atoms with Crippen molar-refractivity contribution in [3.63, 3.8) is 0 Å². The molecule has 1 N–H and O–H groups in total. The first-order chi connectivity index (χ1) is 6.76. The van der Waals surface area contributed by atoms with Crippen molar-refractivity contribution < 1.29 is 9.90 Å². The van der Waals surface area contributed by atoms with Crippen molar-refractivity contribution >= 4 is 5.91 Å². The van der Waals surface area contributed by atoms with Crippen LogP contribution in [0.25, 0.3) is 0 Å². The van der Waals surface area contributed by atoms with E-state index in [9.17, 15) is 9.90 Å². The molecule has 0 saturated heterocycles. The molecule has 0 atom stereocenters. The Morgan fingerprint density at radius 1 is 1.40 bits per heavy atom. The molecule has 3 nitrogen and oxygen atoms in total. The predicted octanol–water partition coefficient (Wildman–Crippen LogP) is 2.04. The van der Waals surface area contributed by atoms with Gasteiger partial charge in [0.2, 0.25) is 5.91 Å². The lowest BCUT2D eigenvalue weighted by Gasteiger charge is -2.28. The Hall–Kier alpha value is -0.570. The van der Waals surface area contributed by atoms with Gasteiger partial charge in [-0.2, -0.15) is 0 Å². The molecule has 0 aromatic carbocycles. The molecule has 0 unspecified atom stereocenters. The summed E-state index contributed by atoms with van der Waals surface area (Å²) in [7, 11) is 0. The third kappa shape index (κ3) is 7.37. The van der Waals surface area contributed by atoms with Gasteiger partial charge in [0.05, 0.1) is 5.60 Å². The van der Waals surface area contributed by atoms with Gasteiger partial charge in [0, 0.05) is 19.5 Å². The van der Waals surface area contributed by atoms with E-state index >= 15 is 0 Å². The molecule has 1 amide bonds. The fourth-order valence-corrected chi connectivity index (χ4v) is 1.41. The van der Waals surface area contributed by atoms with Gasteiger partial charge in [-0.3, -0.25) is 4.79 Å². The monoisotopic (exact) mass is 215 g/mol. The van der Waals surface area contributed by atoms with Gasteiger partial charge in [-0.05, 0) is 33.1 Å². The summed E-state index contributed by atoms with van der Waals surface area (Å²) in [6.07, 6.45) is 1.50. The maximum Gasteiger partial charge on any atom is 0.222 e. The van der Waals surface area contributed by atoms with Crippen molar-refractivity contribution in [3.8, 4) is 0 Å². The molecule has 0 spiro atoms. The van der Waals surface area contributed by atoms with Gasteiger partial charge in [0.15, 0.2) is 0 Å². The first-order valence-electron chi connectivity index (χ1n) is 5.76. The molecule has 0 heterocycles. The Morgan fingerprint density at radius 2 is 1.93 bits per heavy atom. The van der Waals surface area contributed by atoms with Crippen molar-refractivity contribution in [1.82, 2.24) is 4.90 Å². The topological polar surface area (TPSA) is 40.5 Å². The highest BCUT2D eigenvalue weighted by atomic mass is 16.3. The minimum Gasteiger partial charge on any atom is -0.389 e. The highest BCUT2D eigenvalue weighted by molar-refractivity contribution is 5.76. The fraction of sp³-hybridized carbons (Fsp3) is 0.917. The number of likely N-dealkylation sites (N-methyl/N-ethyl adjacent to an activating group) is 1. The van der Waals surface area contributed by atoms with Gasteiger partial charge in [0.1, 0.15) is 0 Å². The van der Waals surface area contributed by atoms with Gasteiger partial charge >= 0.3 is 0 Å². The van der Waals surface area contributed by atoms with Crippen molar-refractivity contribution in [1.29, 1.82) is 0 Å². The third-order valence-corrected chi connectivity index (χ3v) is 2.25. The smallest absolute Gasteiger partial charge is 0.222 e. The van der Waals surface area contributed by atoms with Crippen LogP contribution in [0, 0.1) is 5.92 Å². The van der Waals surface area contributed by atoms with Crippen LogP contribution in [0.3, 0.4) is 0 Å². The van der Waals surface area contributed by atoms with E-state index in [1.807, 2.05) is 6.92 Å². The summed E-state index contributed by atoms with van der Waals surface area (Å²) in [6.45, 7) is 10.7. The molecule has 3 heteroatoms. The maximum atomic E-state index is 11.8. The zero-order chi connectivity index (χ0) is 12.1. The molecule has 0 aromatic heterocycles. The molecule has 0 aliphatic heterocycles. The predicted molar refractivity (Wildman–Crippen MR) is 62.6 cm³/mol. The van der Waals surface area contributed by atoms with E-state index in [-0.39, 0.29) is 5.91 Å². The molecule has 0 bridgehead atoms. The summed E-state index contributed by atoms with van der Waals surface area (Å²) in [5.74, 6) is 0.697. The fourth-order valence-electron chi connectivity index (χ4n) is 1.41. The summed E-state index contributed by atoms with van der Waals surface area (Å²) >= 11 is 0. The van der Waals surface area contributed by atoms with Gasteiger partial charge in [-0.15, -0.1) is 0 Å².